The summed E-state index contributed by atoms with van der Waals surface area (Å²) in [4.78, 5) is 13.2. The molecular weight excluding hydrogens is 408 g/mol. The SMILES string of the molecule is COc1cc2oc3cc(O)c(C4C[C@H](CO)C[C@H](O)[C@H]4O)c(O)c3c(=O)c2cc1OC. The first-order valence-corrected chi connectivity index (χ1v) is 9.85. The number of ether oxygens (including phenoxy) is 2. The predicted octanol–water partition coefficient (Wildman–Crippen LogP) is 1.58. The van der Waals surface area contributed by atoms with Crippen molar-refractivity contribution in [3.8, 4) is 23.0 Å². The van der Waals surface area contributed by atoms with Crippen LogP contribution in [-0.2, 0) is 0 Å². The smallest absolute Gasteiger partial charge is 0.204 e. The van der Waals surface area contributed by atoms with Crippen LogP contribution >= 0.6 is 0 Å². The second-order valence-corrected chi connectivity index (χ2v) is 7.85. The molecule has 3 aromatic rings. The van der Waals surface area contributed by atoms with Crippen LogP contribution in [0.5, 0.6) is 23.0 Å². The molecular formula is C22H24O9. The first-order chi connectivity index (χ1) is 14.8. The van der Waals surface area contributed by atoms with Crippen LogP contribution in [0.15, 0.2) is 27.4 Å². The molecule has 1 saturated carbocycles. The van der Waals surface area contributed by atoms with Gasteiger partial charge in [0.2, 0.25) is 5.43 Å². The number of hydrogen-bond acceptors (Lipinski definition) is 9. The highest BCUT2D eigenvalue weighted by Gasteiger charge is 2.39. The first kappa shape index (κ1) is 21.2. The van der Waals surface area contributed by atoms with Crippen molar-refractivity contribution in [2.24, 2.45) is 5.92 Å². The second kappa shape index (κ2) is 7.92. The van der Waals surface area contributed by atoms with Crippen molar-refractivity contribution in [1.29, 1.82) is 0 Å². The van der Waals surface area contributed by atoms with E-state index in [1.807, 2.05) is 0 Å². The lowest BCUT2D eigenvalue weighted by Crippen LogP contribution is -2.40. The van der Waals surface area contributed by atoms with E-state index in [0.29, 0.717) is 11.5 Å². The lowest BCUT2D eigenvalue weighted by Gasteiger charge is -2.36. The fourth-order valence-corrected chi connectivity index (χ4v) is 4.47. The molecule has 2 aromatic carbocycles. The third kappa shape index (κ3) is 3.34. The van der Waals surface area contributed by atoms with Gasteiger partial charge in [0.05, 0.1) is 31.8 Å². The molecule has 0 saturated heterocycles. The number of rotatable bonds is 4. The van der Waals surface area contributed by atoms with Gasteiger partial charge in [0.1, 0.15) is 28.1 Å². The molecule has 0 bridgehead atoms. The number of hydrogen-bond donors (Lipinski definition) is 5. The maximum Gasteiger partial charge on any atom is 0.204 e. The lowest BCUT2D eigenvalue weighted by atomic mass is 9.74. The molecule has 1 aromatic heterocycles. The van der Waals surface area contributed by atoms with Crippen LogP contribution in [0.1, 0.15) is 24.3 Å². The third-order valence-corrected chi connectivity index (χ3v) is 6.06. The quantitative estimate of drug-likeness (QED) is 0.387. The Kier molecular flexibility index (Phi) is 5.42. The van der Waals surface area contributed by atoms with E-state index >= 15 is 0 Å². The van der Waals surface area contributed by atoms with Gasteiger partial charge in [-0.05, 0) is 24.8 Å². The number of methoxy groups -OCH3 is 2. The molecule has 4 atom stereocenters. The second-order valence-electron chi connectivity index (χ2n) is 7.85. The number of fused-ring (bicyclic) bond motifs is 2. The van der Waals surface area contributed by atoms with E-state index in [1.165, 1.54) is 32.4 Å². The summed E-state index contributed by atoms with van der Waals surface area (Å²) in [6, 6.07) is 4.11. The summed E-state index contributed by atoms with van der Waals surface area (Å²) >= 11 is 0. The number of phenolic OH excluding ortho intramolecular Hbond substituents is 2. The Morgan fingerprint density at radius 3 is 2.35 bits per heavy atom. The summed E-state index contributed by atoms with van der Waals surface area (Å²) < 4.78 is 16.2. The summed E-state index contributed by atoms with van der Waals surface area (Å²) in [6.07, 6.45) is -2.02. The maximum absolute atomic E-state index is 13.2. The van der Waals surface area contributed by atoms with Crippen LogP contribution in [0.4, 0.5) is 0 Å². The largest absolute Gasteiger partial charge is 0.507 e. The Hall–Kier alpha value is -3.01. The van der Waals surface area contributed by atoms with Gasteiger partial charge in [0, 0.05) is 30.2 Å². The molecule has 1 heterocycles. The summed E-state index contributed by atoms with van der Waals surface area (Å²) in [5.74, 6) is -1.49. The van der Waals surface area contributed by atoms with E-state index in [1.54, 1.807) is 0 Å². The summed E-state index contributed by atoms with van der Waals surface area (Å²) in [6.45, 7) is -0.218. The molecule has 0 radical (unpaired) electrons. The molecule has 0 spiro atoms. The maximum atomic E-state index is 13.2. The molecule has 1 aliphatic rings. The minimum Gasteiger partial charge on any atom is -0.507 e. The Morgan fingerprint density at radius 1 is 1.03 bits per heavy atom. The number of aromatic hydroxyl groups is 2. The molecule has 1 unspecified atom stereocenters. The normalized spacial score (nSPS) is 23.9. The van der Waals surface area contributed by atoms with Crippen LogP contribution < -0.4 is 14.9 Å². The average molecular weight is 432 g/mol. The highest BCUT2D eigenvalue weighted by atomic mass is 16.5. The minimum absolute atomic E-state index is 0.0481. The zero-order valence-corrected chi connectivity index (χ0v) is 17.0. The standard InChI is InChI=1S/C22H24O9/c1-29-15-5-10-14(7-16(15)30-2)31-17-6-12(24)18(22(28)19(17)21(10)27)11-3-9(8-23)4-13(25)20(11)26/h5-7,9,11,13,20,23-26,28H,3-4,8H2,1-2H3/t9-,11?,13-,20-/m0/s1. The monoisotopic (exact) mass is 432 g/mol. The van der Waals surface area contributed by atoms with E-state index < -0.39 is 29.3 Å². The number of aliphatic hydroxyl groups excluding tert-OH is 3. The van der Waals surface area contributed by atoms with E-state index in [0.717, 1.165) is 0 Å². The Morgan fingerprint density at radius 2 is 1.71 bits per heavy atom. The van der Waals surface area contributed by atoms with Gasteiger partial charge in [-0.25, -0.2) is 0 Å². The van der Waals surface area contributed by atoms with Crippen LogP contribution in [-0.4, -0.2) is 58.6 Å². The highest BCUT2D eigenvalue weighted by Crippen LogP contribution is 2.47. The molecule has 1 aliphatic carbocycles. The molecule has 0 aliphatic heterocycles. The number of benzene rings is 2. The molecule has 5 N–H and O–H groups in total. The summed E-state index contributed by atoms with van der Waals surface area (Å²) in [5, 5.41) is 51.8. The predicted molar refractivity (Wildman–Crippen MR) is 111 cm³/mol. The fraction of sp³-hybridized carbons (Fsp3) is 0.409. The Labute approximate surface area is 176 Å². The van der Waals surface area contributed by atoms with Crippen LogP contribution in [0, 0.1) is 5.92 Å². The van der Waals surface area contributed by atoms with E-state index in [2.05, 4.69) is 0 Å². The van der Waals surface area contributed by atoms with E-state index in [-0.39, 0.29) is 58.6 Å². The van der Waals surface area contributed by atoms with Crippen molar-refractivity contribution >= 4 is 21.9 Å². The fourth-order valence-electron chi connectivity index (χ4n) is 4.47. The Bertz CT molecular complexity index is 1200. The molecule has 166 valence electrons. The third-order valence-electron chi connectivity index (χ3n) is 6.06. The summed E-state index contributed by atoms with van der Waals surface area (Å²) in [7, 11) is 2.86. The Balaban J connectivity index is 1.98. The van der Waals surface area contributed by atoms with Gasteiger partial charge in [0.25, 0.3) is 0 Å². The zero-order valence-electron chi connectivity index (χ0n) is 17.0. The van der Waals surface area contributed by atoms with E-state index in [9.17, 15) is 30.3 Å². The van der Waals surface area contributed by atoms with Crippen LogP contribution in [0.2, 0.25) is 0 Å². The van der Waals surface area contributed by atoms with Gasteiger partial charge in [-0.1, -0.05) is 0 Å². The van der Waals surface area contributed by atoms with Crippen molar-refractivity contribution in [3.05, 3.63) is 34.0 Å². The van der Waals surface area contributed by atoms with Crippen molar-refractivity contribution in [2.45, 2.75) is 31.0 Å². The van der Waals surface area contributed by atoms with Crippen molar-refractivity contribution < 1.29 is 39.4 Å². The van der Waals surface area contributed by atoms with Gasteiger partial charge >= 0.3 is 0 Å². The molecule has 9 nitrogen and oxygen atoms in total. The van der Waals surface area contributed by atoms with Gasteiger partial charge in [-0.3, -0.25) is 4.79 Å². The van der Waals surface area contributed by atoms with Crippen molar-refractivity contribution in [2.75, 3.05) is 20.8 Å². The number of aliphatic hydroxyl groups is 3. The van der Waals surface area contributed by atoms with Crippen molar-refractivity contribution in [3.63, 3.8) is 0 Å². The summed E-state index contributed by atoms with van der Waals surface area (Å²) in [5.41, 5.74) is -0.493. The highest BCUT2D eigenvalue weighted by molar-refractivity contribution is 5.96. The van der Waals surface area contributed by atoms with Crippen molar-refractivity contribution in [1.82, 2.24) is 0 Å². The molecule has 1 fully saturated rings. The first-order valence-electron chi connectivity index (χ1n) is 9.85. The molecule has 0 amide bonds. The lowest BCUT2D eigenvalue weighted by molar-refractivity contribution is -0.0479. The molecule has 9 heteroatoms. The average Bonchev–Trinajstić information content (AvgIpc) is 2.75. The zero-order chi connectivity index (χ0) is 22.4. The van der Waals surface area contributed by atoms with E-state index in [4.69, 9.17) is 13.9 Å². The minimum atomic E-state index is -1.28. The molecule has 31 heavy (non-hydrogen) atoms. The van der Waals surface area contributed by atoms with Crippen LogP contribution in [0.25, 0.3) is 21.9 Å². The van der Waals surface area contributed by atoms with Gasteiger partial charge in [0.15, 0.2) is 11.5 Å². The van der Waals surface area contributed by atoms with Gasteiger partial charge in [-0.15, -0.1) is 0 Å². The topological polar surface area (TPSA) is 150 Å². The molecule has 4 rings (SSSR count). The van der Waals surface area contributed by atoms with Gasteiger partial charge < -0.3 is 39.4 Å². The van der Waals surface area contributed by atoms with Crippen LogP contribution in [0.3, 0.4) is 0 Å². The number of phenols is 2. The van der Waals surface area contributed by atoms with Gasteiger partial charge in [-0.2, -0.15) is 0 Å².